The minimum absolute atomic E-state index is 0. The van der Waals surface area contributed by atoms with Crippen molar-refractivity contribution < 1.29 is 8.42 Å². The van der Waals surface area contributed by atoms with Gasteiger partial charge in [-0.15, -0.1) is 12.4 Å². The van der Waals surface area contributed by atoms with E-state index in [1.165, 1.54) is 17.5 Å². The van der Waals surface area contributed by atoms with Crippen LogP contribution in [0.5, 0.6) is 0 Å². The zero-order chi connectivity index (χ0) is 14.2. The van der Waals surface area contributed by atoms with Crippen LogP contribution in [-0.4, -0.2) is 31.9 Å². The van der Waals surface area contributed by atoms with Gasteiger partial charge in [0.05, 0.1) is 4.90 Å². The van der Waals surface area contributed by atoms with Crippen molar-refractivity contribution in [3.8, 4) is 0 Å². The van der Waals surface area contributed by atoms with Gasteiger partial charge in [0.25, 0.3) is 0 Å². The zero-order valence-corrected chi connectivity index (χ0v) is 13.8. The van der Waals surface area contributed by atoms with Crippen LogP contribution in [0.2, 0.25) is 0 Å². The Morgan fingerprint density at radius 1 is 1.14 bits per heavy atom. The maximum atomic E-state index is 12.8. The number of aryl methyl sites for hydroxylation is 2. The molecule has 1 aromatic carbocycles. The normalized spacial score (nSPS) is 22.6. The third kappa shape index (κ3) is 3.11. The molecule has 0 bridgehead atoms. The summed E-state index contributed by atoms with van der Waals surface area (Å²) in [6.07, 6.45) is 6.22. The Hall–Kier alpha value is -0.620. The Bertz CT molecular complexity index is 604. The third-order valence-corrected chi connectivity index (χ3v) is 6.47. The van der Waals surface area contributed by atoms with E-state index >= 15 is 0 Å². The lowest BCUT2D eigenvalue weighted by atomic mass is 9.92. The zero-order valence-electron chi connectivity index (χ0n) is 12.1. The number of hydrogen-bond acceptors (Lipinski definition) is 3. The molecule has 1 aliphatic heterocycles. The van der Waals surface area contributed by atoms with E-state index in [-0.39, 0.29) is 18.4 Å². The molecule has 1 saturated heterocycles. The third-order valence-electron chi connectivity index (χ3n) is 4.52. The van der Waals surface area contributed by atoms with Gasteiger partial charge in [0.1, 0.15) is 0 Å². The lowest BCUT2D eigenvalue weighted by molar-refractivity contribution is 0.393. The van der Waals surface area contributed by atoms with E-state index in [4.69, 9.17) is 5.73 Å². The molecule has 1 heterocycles. The highest BCUT2D eigenvalue weighted by atomic mass is 35.5. The Morgan fingerprint density at radius 2 is 1.86 bits per heavy atom. The molecule has 0 amide bonds. The quantitative estimate of drug-likeness (QED) is 0.923. The van der Waals surface area contributed by atoms with Crippen LogP contribution in [0.1, 0.15) is 36.8 Å². The molecule has 1 aliphatic carbocycles. The van der Waals surface area contributed by atoms with Crippen molar-refractivity contribution in [3.63, 3.8) is 0 Å². The van der Waals surface area contributed by atoms with Gasteiger partial charge in [-0.2, -0.15) is 4.31 Å². The summed E-state index contributed by atoms with van der Waals surface area (Å²) in [5, 5.41) is 0. The number of sulfonamides is 1. The summed E-state index contributed by atoms with van der Waals surface area (Å²) in [4.78, 5) is 0.443. The molecule has 2 aliphatic rings. The number of rotatable bonds is 3. The summed E-state index contributed by atoms with van der Waals surface area (Å²) in [7, 11) is -3.38. The van der Waals surface area contributed by atoms with Crippen LogP contribution in [-0.2, 0) is 22.9 Å². The van der Waals surface area contributed by atoms with Crippen LogP contribution in [0.3, 0.4) is 0 Å². The molecular formula is C15H23ClN2O2S. The van der Waals surface area contributed by atoms with Gasteiger partial charge in [0, 0.05) is 19.1 Å². The van der Waals surface area contributed by atoms with Crippen molar-refractivity contribution in [1.82, 2.24) is 4.31 Å². The first kappa shape index (κ1) is 16.7. The van der Waals surface area contributed by atoms with Gasteiger partial charge in [-0.25, -0.2) is 8.42 Å². The van der Waals surface area contributed by atoms with E-state index in [0.717, 1.165) is 32.1 Å². The smallest absolute Gasteiger partial charge is 0.243 e. The summed E-state index contributed by atoms with van der Waals surface area (Å²) in [6.45, 7) is 1.01. The Labute approximate surface area is 133 Å². The van der Waals surface area contributed by atoms with Gasteiger partial charge in [-0.3, -0.25) is 0 Å². The van der Waals surface area contributed by atoms with Crippen LogP contribution >= 0.6 is 12.4 Å². The molecule has 118 valence electrons. The highest BCUT2D eigenvalue weighted by Crippen LogP contribution is 2.29. The van der Waals surface area contributed by atoms with E-state index in [1.807, 2.05) is 12.1 Å². The van der Waals surface area contributed by atoms with Crippen molar-refractivity contribution in [2.24, 2.45) is 5.73 Å². The maximum Gasteiger partial charge on any atom is 0.243 e. The lowest BCUT2D eigenvalue weighted by Gasteiger charge is -2.24. The topological polar surface area (TPSA) is 63.4 Å². The molecule has 0 aromatic heterocycles. The number of halogens is 1. The first-order valence-electron chi connectivity index (χ1n) is 7.46. The summed E-state index contributed by atoms with van der Waals surface area (Å²) < 4.78 is 27.1. The molecule has 4 nitrogen and oxygen atoms in total. The second kappa shape index (κ2) is 6.65. The first-order chi connectivity index (χ1) is 9.63. The number of hydrogen-bond donors (Lipinski definition) is 1. The van der Waals surface area contributed by atoms with Crippen LogP contribution in [0.25, 0.3) is 0 Å². The van der Waals surface area contributed by atoms with E-state index in [2.05, 4.69) is 0 Å². The Balaban J connectivity index is 0.00000161. The fraction of sp³-hybridized carbons (Fsp3) is 0.600. The number of nitrogens with two attached hydrogens (primary N) is 1. The van der Waals surface area contributed by atoms with Gasteiger partial charge in [0.15, 0.2) is 0 Å². The second-order valence-corrected chi connectivity index (χ2v) is 7.68. The molecular weight excluding hydrogens is 308 g/mol. The number of fused-ring (bicyclic) bond motifs is 1. The monoisotopic (exact) mass is 330 g/mol. The van der Waals surface area contributed by atoms with Crippen molar-refractivity contribution in [1.29, 1.82) is 0 Å². The molecule has 2 N–H and O–H groups in total. The minimum atomic E-state index is -3.38. The standard InChI is InChI=1S/C15H22N2O2S.ClH/c16-11-14-6-3-9-17(14)20(18,19)15-8-7-12-4-1-2-5-13(12)10-15;/h7-8,10,14H,1-6,9,11,16H2;1H. The summed E-state index contributed by atoms with van der Waals surface area (Å²) in [5.74, 6) is 0. The first-order valence-corrected chi connectivity index (χ1v) is 8.90. The van der Waals surface area contributed by atoms with Gasteiger partial charge in [0.2, 0.25) is 10.0 Å². The van der Waals surface area contributed by atoms with E-state index < -0.39 is 10.0 Å². The minimum Gasteiger partial charge on any atom is -0.329 e. The fourth-order valence-electron chi connectivity index (χ4n) is 3.37. The van der Waals surface area contributed by atoms with Crippen molar-refractivity contribution in [3.05, 3.63) is 29.3 Å². The Kier molecular flexibility index (Phi) is 5.30. The van der Waals surface area contributed by atoms with Crippen molar-refractivity contribution in [2.45, 2.75) is 49.5 Å². The molecule has 0 radical (unpaired) electrons. The Morgan fingerprint density at radius 3 is 2.57 bits per heavy atom. The van der Waals surface area contributed by atoms with E-state index in [9.17, 15) is 8.42 Å². The SMILES string of the molecule is Cl.NCC1CCCN1S(=O)(=O)c1ccc2c(c1)CCCC2. The van der Waals surface area contributed by atoms with Crippen LogP contribution in [0.4, 0.5) is 0 Å². The fourth-order valence-corrected chi connectivity index (χ4v) is 5.12. The van der Waals surface area contributed by atoms with Crippen molar-refractivity contribution in [2.75, 3.05) is 13.1 Å². The van der Waals surface area contributed by atoms with Crippen LogP contribution in [0.15, 0.2) is 23.1 Å². The molecule has 21 heavy (non-hydrogen) atoms. The lowest BCUT2D eigenvalue weighted by Crippen LogP contribution is -2.39. The highest BCUT2D eigenvalue weighted by molar-refractivity contribution is 7.89. The van der Waals surface area contributed by atoms with Gasteiger partial charge >= 0.3 is 0 Å². The summed E-state index contributed by atoms with van der Waals surface area (Å²) in [6, 6.07) is 5.62. The highest BCUT2D eigenvalue weighted by Gasteiger charge is 2.34. The predicted octanol–water partition coefficient (Wildman–Crippen LogP) is 2.10. The van der Waals surface area contributed by atoms with Gasteiger partial charge in [-0.1, -0.05) is 6.07 Å². The number of nitrogens with zero attached hydrogens (tertiary/aromatic N) is 1. The molecule has 1 atom stereocenters. The maximum absolute atomic E-state index is 12.8. The molecule has 6 heteroatoms. The summed E-state index contributed by atoms with van der Waals surface area (Å²) >= 11 is 0. The average molecular weight is 331 g/mol. The van der Waals surface area contributed by atoms with Gasteiger partial charge in [-0.05, 0) is 61.8 Å². The predicted molar refractivity (Wildman–Crippen MR) is 86.3 cm³/mol. The molecule has 1 unspecified atom stereocenters. The molecule has 0 saturated carbocycles. The molecule has 0 spiro atoms. The second-order valence-electron chi connectivity index (χ2n) is 5.79. The van der Waals surface area contributed by atoms with E-state index in [0.29, 0.717) is 18.0 Å². The van der Waals surface area contributed by atoms with Crippen LogP contribution < -0.4 is 5.73 Å². The van der Waals surface area contributed by atoms with Crippen LogP contribution in [0, 0.1) is 0 Å². The van der Waals surface area contributed by atoms with Gasteiger partial charge < -0.3 is 5.73 Å². The summed E-state index contributed by atoms with van der Waals surface area (Å²) in [5.41, 5.74) is 8.22. The molecule has 1 fully saturated rings. The molecule has 1 aromatic rings. The number of benzene rings is 1. The average Bonchev–Trinajstić information content (AvgIpc) is 2.96. The van der Waals surface area contributed by atoms with Crippen molar-refractivity contribution >= 4 is 22.4 Å². The molecule has 3 rings (SSSR count). The van der Waals surface area contributed by atoms with E-state index in [1.54, 1.807) is 10.4 Å². The largest absolute Gasteiger partial charge is 0.329 e.